The number of rotatable bonds is 2. The van der Waals surface area contributed by atoms with Crippen LogP contribution >= 0.6 is 0 Å². The van der Waals surface area contributed by atoms with Crippen LogP contribution in [0.2, 0.25) is 0 Å². The third-order valence-corrected chi connectivity index (χ3v) is 4.18. The number of aromatic hydroxyl groups is 1. The van der Waals surface area contributed by atoms with Gasteiger partial charge in [0.1, 0.15) is 5.75 Å². The summed E-state index contributed by atoms with van der Waals surface area (Å²) in [6, 6.07) is 4.65. The number of hydrogen-bond acceptors (Lipinski definition) is 3. The molecule has 3 heteroatoms. The number of nitrogens with zero attached hydrogens (tertiary/aromatic N) is 1. The quantitative estimate of drug-likeness (QED) is 0.880. The van der Waals surface area contributed by atoms with Gasteiger partial charge in [-0.05, 0) is 27.5 Å². The van der Waals surface area contributed by atoms with Crippen LogP contribution in [0.15, 0.2) is 12.1 Å². The third kappa shape index (κ3) is 3.58. The maximum Gasteiger partial charge on any atom is 0.123 e. The van der Waals surface area contributed by atoms with Gasteiger partial charge in [-0.2, -0.15) is 0 Å². The Balaban J connectivity index is 2.41. The minimum atomic E-state index is -0.0640. The second-order valence-corrected chi connectivity index (χ2v) is 8.49. The molecule has 1 aromatic carbocycles. The second kappa shape index (κ2) is 5.29. The van der Waals surface area contributed by atoms with Crippen LogP contribution in [0.1, 0.15) is 58.2 Å². The molecule has 3 N–H and O–H groups in total. The Bertz CT molecular complexity index is 482. The molecule has 0 bridgehead atoms. The molecular formula is C18H30N2O. The summed E-state index contributed by atoms with van der Waals surface area (Å²) >= 11 is 0. The molecule has 118 valence electrons. The summed E-state index contributed by atoms with van der Waals surface area (Å²) in [5, 5.41) is 10.7. The highest BCUT2D eigenvalue weighted by molar-refractivity contribution is 5.49. The van der Waals surface area contributed by atoms with Gasteiger partial charge in [-0.1, -0.05) is 53.7 Å². The second-order valence-electron chi connectivity index (χ2n) is 8.49. The normalized spacial score (nSPS) is 17.9. The number of hydrogen-bond donors (Lipinski definition) is 2. The Morgan fingerprint density at radius 3 is 1.81 bits per heavy atom. The van der Waals surface area contributed by atoms with E-state index in [1.54, 1.807) is 0 Å². The smallest absolute Gasteiger partial charge is 0.123 e. The van der Waals surface area contributed by atoms with Crippen molar-refractivity contribution in [2.45, 2.75) is 65.0 Å². The minimum absolute atomic E-state index is 0.0640. The fourth-order valence-corrected chi connectivity index (χ4v) is 2.93. The topological polar surface area (TPSA) is 49.5 Å². The van der Waals surface area contributed by atoms with Crippen LogP contribution in [-0.2, 0) is 17.4 Å². The molecule has 0 unspecified atom stereocenters. The zero-order valence-corrected chi connectivity index (χ0v) is 14.3. The van der Waals surface area contributed by atoms with Crippen molar-refractivity contribution in [1.29, 1.82) is 0 Å². The fraction of sp³-hybridized carbons (Fsp3) is 0.667. The van der Waals surface area contributed by atoms with Crippen molar-refractivity contribution >= 4 is 0 Å². The van der Waals surface area contributed by atoms with E-state index in [0.717, 1.165) is 30.8 Å². The van der Waals surface area contributed by atoms with Gasteiger partial charge in [-0.15, -0.1) is 0 Å². The van der Waals surface area contributed by atoms with Crippen LogP contribution in [-0.4, -0.2) is 29.1 Å². The Hall–Kier alpha value is -1.06. The zero-order chi connectivity index (χ0) is 16.0. The van der Waals surface area contributed by atoms with E-state index in [0.29, 0.717) is 11.8 Å². The highest BCUT2D eigenvalue weighted by Gasteiger charge is 2.28. The van der Waals surface area contributed by atoms with Gasteiger partial charge in [-0.3, -0.25) is 4.90 Å². The fourth-order valence-electron chi connectivity index (χ4n) is 2.93. The molecule has 3 nitrogen and oxygen atoms in total. The Labute approximate surface area is 129 Å². The van der Waals surface area contributed by atoms with Crippen molar-refractivity contribution < 1.29 is 5.11 Å². The molecule has 0 spiro atoms. The average Bonchev–Trinajstić information content (AvgIpc) is 2.26. The summed E-state index contributed by atoms with van der Waals surface area (Å²) in [6.07, 6.45) is 0. The van der Waals surface area contributed by atoms with Crippen LogP contribution in [0.3, 0.4) is 0 Å². The van der Waals surface area contributed by atoms with E-state index in [-0.39, 0.29) is 10.8 Å². The van der Waals surface area contributed by atoms with Crippen molar-refractivity contribution in [2.75, 3.05) is 13.1 Å². The summed E-state index contributed by atoms with van der Waals surface area (Å²) < 4.78 is 0. The number of likely N-dealkylation sites (tertiary alicyclic amines) is 1. The summed E-state index contributed by atoms with van der Waals surface area (Å²) in [5.41, 5.74) is 9.08. The van der Waals surface area contributed by atoms with E-state index in [2.05, 4.69) is 58.6 Å². The lowest BCUT2D eigenvalue weighted by Crippen LogP contribution is -2.54. The predicted molar refractivity (Wildman–Crippen MR) is 88.8 cm³/mol. The van der Waals surface area contributed by atoms with Gasteiger partial charge in [0.25, 0.3) is 0 Å². The highest BCUT2D eigenvalue weighted by Crippen LogP contribution is 2.40. The lowest BCUT2D eigenvalue weighted by molar-refractivity contribution is 0.142. The molecule has 2 rings (SSSR count). The number of benzene rings is 1. The number of phenols is 1. The standard InChI is InChI=1S/C18H30N2O/c1-17(2,3)14-7-12(9-20-10-13(19)11-20)8-15(16(14)21)18(4,5)6/h7-8,13,21H,9-11,19H2,1-6H3. The maximum atomic E-state index is 10.7. The lowest BCUT2D eigenvalue weighted by atomic mass is 9.78. The van der Waals surface area contributed by atoms with Crippen LogP contribution in [0, 0.1) is 0 Å². The van der Waals surface area contributed by atoms with E-state index in [1.807, 2.05) is 0 Å². The van der Waals surface area contributed by atoms with Crippen molar-refractivity contribution in [3.8, 4) is 5.75 Å². The first-order valence-electron chi connectivity index (χ1n) is 7.83. The summed E-state index contributed by atoms with van der Waals surface area (Å²) in [7, 11) is 0. The molecule has 1 aliphatic heterocycles. The van der Waals surface area contributed by atoms with Gasteiger partial charge in [0.15, 0.2) is 0 Å². The number of phenolic OH excluding ortho intramolecular Hbond substituents is 1. The van der Waals surface area contributed by atoms with E-state index in [1.165, 1.54) is 5.56 Å². The van der Waals surface area contributed by atoms with Crippen LogP contribution in [0.25, 0.3) is 0 Å². The molecule has 21 heavy (non-hydrogen) atoms. The largest absolute Gasteiger partial charge is 0.507 e. The molecule has 1 aliphatic rings. The van der Waals surface area contributed by atoms with Crippen LogP contribution < -0.4 is 5.73 Å². The van der Waals surface area contributed by atoms with E-state index in [4.69, 9.17) is 5.73 Å². The van der Waals surface area contributed by atoms with Crippen LogP contribution in [0.5, 0.6) is 5.75 Å². The molecular weight excluding hydrogens is 260 g/mol. The molecule has 1 fully saturated rings. The SMILES string of the molecule is CC(C)(C)c1cc(CN2CC(N)C2)cc(C(C)(C)C)c1O. The molecule has 1 heterocycles. The average molecular weight is 290 g/mol. The molecule has 0 aromatic heterocycles. The van der Waals surface area contributed by atoms with Gasteiger partial charge in [0.2, 0.25) is 0 Å². The summed E-state index contributed by atoms with van der Waals surface area (Å²) in [5.74, 6) is 0.457. The third-order valence-electron chi connectivity index (χ3n) is 4.18. The number of nitrogens with two attached hydrogens (primary N) is 1. The maximum absolute atomic E-state index is 10.7. The van der Waals surface area contributed by atoms with E-state index >= 15 is 0 Å². The zero-order valence-electron chi connectivity index (χ0n) is 14.3. The van der Waals surface area contributed by atoms with Gasteiger partial charge in [0.05, 0.1) is 0 Å². The minimum Gasteiger partial charge on any atom is -0.507 e. The Kier molecular flexibility index (Phi) is 4.11. The molecule has 1 aromatic rings. The summed E-state index contributed by atoms with van der Waals surface area (Å²) in [6.45, 7) is 15.8. The van der Waals surface area contributed by atoms with Gasteiger partial charge in [0, 0.05) is 25.7 Å². The monoisotopic (exact) mass is 290 g/mol. The van der Waals surface area contributed by atoms with Gasteiger partial charge < -0.3 is 10.8 Å². The highest BCUT2D eigenvalue weighted by atomic mass is 16.3. The van der Waals surface area contributed by atoms with Crippen molar-refractivity contribution in [3.05, 3.63) is 28.8 Å². The predicted octanol–water partition coefficient (Wildman–Crippen LogP) is 3.13. The first kappa shape index (κ1) is 16.3. The molecule has 1 saturated heterocycles. The van der Waals surface area contributed by atoms with Crippen LogP contribution in [0.4, 0.5) is 0 Å². The first-order valence-corrected chi connectivity index (χ1v) is 7.83. The molecule has 0 radical (unpaired) electrons. The van der Waals surface area contributed by atoms with Gasteiger partial charge in [-0.25, -0.2) is 0 Å². The first-order chi connectivity index (χ1) is 9.48. The Morgan fingerprint density at radius 1 is 1.05 bits per heavy atom. The molecule has 0 amide bonds. The lowest BCUT2D eigenvalue weighted by Gasteiger charge is -2.37. The molecule has 0 saturated carbocycles. The Morgan fingerprint density at radius 2 is 1.48 bits per heavy atom. The van der Waals surface area contributed by atoms with Gasteiger partial charge >= 0.3 is 0 Å². The van der Waals surface area contributed by atoms with Crippen molar-refractivity contribution in [3.63, 3.8) is 0 Å². The van der Waals surface area contributed by atoms with E-state index < -0.39 is 0 Å². The molecule has 0 atom stereocenters. The van der Waals surface area contributed by atoms with E-state index in [9.17, 15) is 5.11 Å². The summed E-state index contributed by atoms with van der Waals surface area (Å²) in [4.78, 5) is 2.36. The van der Waals surface area contributed by atoms with Crippen molar-refractivity contribution in [1.82, 2.24) is 4.90 Å². The van der Waals surface area contributed by atoms with Crippen molar-refractivity contribution in [2.24, 2.45) is 5.73 Å². The molecule has 0 aliphatic carbocycles.